The summed E-state index contributed by atoms with van der Waals surface area (Å²) in [7, 11) is 0. The number of furan rings is 1. The van der Waals surface area contributed by atoms with Crippen molar-refractivity contribution in [2.45, 2.75) is 45.2 Å². The van der Waals surface area contributed by atoms with Crippen molar-refractivity contribution in [1.82, 2.24) is 30.1 Å². The first-order valence-corrected chi connectivity index (χ1v) is 10.9. The number of pyridine rings is 1. The average Bonchev–Trinajstić information content (AvgIpc) is 3.48. The fourth-order valence-corrected chi connectivity index (χ4v) is 4.44. The van der Waals surface area contributed by atoms with E-state index < -0.39 is 0 Å². The number of aromatic amines is 1. The summed E-state index contributed by atoms with van der Waals surface area (Å²) in [4.78, 5) is 18.6. The number of piperidine rings is 1. The Morgan fingerprint density at radius 2 is 2.03 bits per heavy atom. The van der Waals surface area contributed by atoms with Gasteiger partial charge in [0.15, 0.2) is 5.82 Å². The topological polar surface area (TPSA) is 92.8 Å². The van der Waals surface area contributed by atoms with Gasteiger partial charge >= 0.3 is 0 Å². The van der Waals surface area contributed by atoms with Crippen LogP contribution < -0.4 is 5.56 Å². The quantitative estimate of drug-likeness (QED) is 0.516. The number of hydrogen-bond acceptors (Lipinski definition) is 6. The van der Waals surface area contributed by atoms with Gasteiger partial charge in [-0.25, -0.2) is 4.68 Å². The Morgan fingerprint density at radius 3 is 2.81 bits per heavy atom. The van der Waals surface area contributed by atoms with Gasteiger partial charge in [-0.15, -0.1) is 5.10 Å². The Balaban J connectivity index is 1.63. The van der Waals surface area contributed by atoms with Crippen LogP contribution in [0.25, 0.3) is 10.9 Å². The smallest absolute Gasteiger partial charge is 0.253 e. The van der Waals surface area contributed by atoms with Crippen molar-refractivity contribution in [3.8, 4) is 0 Å². The molecule has 1 aromatic carbocycles. The third-order valence-electron chi connectivity index (χ3n) is 6.09. The molecule has 4 aromatic rings. The maximum Gasteiger partial charge on any atom is 0.253 e. The van der Waals surface area contributed by atoms with E-state index in [1.54, 1.807) is 10.9 Å². The second-order valence-electron chi connectivity index (χ2n) is 8.10. The van der Waals surface area contributed by atoms with Gasteiger partial charge in [0, 0.05) is 11.1 Å². The van der Waals surface area contributed by atoms with E-state index in [0.29, 0.717) is 17.9 Å². The lowest BCUT2D eigenvalue weighted by Crippen LogP contribution is -2.38. The fraction of sp³-hybridized carbons (Fsp3) is 0.391. The van der Waals surface area contributed by atoms with E-state index in [-0.39, 0.29) is 11.6 Å². The molecule has 31 heavy (non-hydrogen) atoms. The van der Waals surface area contributed by atoms with Crippen LogP contribution in [-0.2, 0) is 13.0 Å². The van der Waals surface area contributed by atoms with Crippen LogP contribution in [0.2, 0.25) is 0 Å². The minimum absolute atomic E-state index is 0.0973. The van der Waals surface area contributed by atoms with Gasteiger partial charge in [-0.2, -0.15) is 0 Å². The van der Waals surface area contributed by atoms with E-state index in [1.807, 2.05) is 24.3 Å². The second-order valence-corrected chi connectivity index (χ2v) is 8.10. The number of benzene rings is 1. The van der Waals surface area contributed by atoms with Gasteiger partial charge in [-0.05, 0) is 84.1 Å². The molecule has 0 unspecified atom stereocenters. The van der Waals surface area contributed by atoms with Crippen molar-refractivity contribution in [1.29, 1.82) is 0 Å². The lowest BCUT2D eigenvalue weighted by molar-refractivity contribution is 0.176. The summed E-state index contributed by atoms with van der Waals surface area (Å²) in [5, 5.41) is 13.6. The van der Waals surface area contributed by atoms with Crippen LogP contribution in [0.4, 0.5) is 0 Å². The second kappa shape index (κ2) is 8.47. The van der Waals surface area contributed by atoms with E-state index in [2.05, 4.69) is 44.5 Å². The number of H-pyrrole nitrogens is 1. The van der Waals surface area contributed by atoms with E-state index in [1.165, 1.54) is 12.0 Å². The maximum absolute atomic E-state index is 13.2. The molecule has 8 heteroatoms. The normalized spacial score (nSPS) is 16.0. The summed E-state index contributed by atoms with van der Waals surface area (Å²) in [6.45, 7) is 4.37. The first kappa shape index (κ1) is 19.7. The molecule has 1 atom stereocenters. The molecule has 0 aliphatic carbocycles. The van der Waals surface area contributed by atoms with Gasteiger partial charge in [0.2, 0.25) is 0 Å². The summed E-state index contributed by atoms with van der Waals surface area (Å²) < 4.78 is 7.24. The molecule has 3 aromatic heterocycles. The summed E-state index contributed by atoms with van der Waals surface area (Å²) in [5.74, 6) is 1.43. The molecule has 160 valence electrons. The standard InChI is InChI=1S/C23H26N6O2/c1-2-16-8-9-20-17(13-16)14-19(23(30)24-20)21(28-10-4-3-5-11-28)22-25-26-27-29(22)15-18-7-6-12-31-18/h6-9,12-14,21H,2-5,10-11,15H2,1H3,(H,24,30)/t21-/m1/s1. The van der Waals surface area contributed by atoms with Gasteiger partial charge in [-0.1, -0.05) is 19.4 Å². The molecule has 0 saturated carbocycles. The predicted octanol–water partition coefficient (Wildman–Crippen LogP) is 3.29. The zero-order valence-corrected chi connectivity index (χ0v) is 17.6. The van der Waals surface area contributed by atoms with Crippen LogP contribution in [-0.4, -0.2) is 43.2 Å². The molecule has 4 heterocycles. The zero-order valence-electron chi connectivity index (χ0n) is 17.6. The number of nitrogens with one attached hydrogen (secondary N) is 1. The molecule has 1 fully saturated rings. The van der Waals surface area contributed by atoms with Gasteiger partial charge in [-0.3, -0.25) is 9.69 Å². The number of aromatic nitrogens is 5. The van der Waals surface area contributed by atoms with Crippen LogP contribution in [0, 0.1) is 0 Å². The Labute approximate surface area is 179 Å². The molecule has 1 aliphatic heterocycles. The SMILES string of the molecule is CCc1ccc2[nH]c(=O)c([C@H](c3nnnn3Cc3ccco3)N3CCCCC3)cc2c1. The molecule has 1 N–H and O–H groups in total. The monoisotopic (exact) mass is 418 g/mol. The number of likely N-dealkylation sites (tertiary alicyclic amines) is 1. The summed E-state index contributed by atoms with van der Waals surface area (Å²) in [6, 6.07) is 11.6. The largest absolute Gasteiger partial charge is 0.467 e. The number of hydrogen-bond donors (Lipinski definition) is 1. The first-order chi connectivity index (χ1) is 15.2. The molecule has 5 rings (SSSR count). The molecule has 0 radical (unpaired) electrons. The van der Waals surface area contributed by atoms with Crippen molar-refractivity contribution >= 4 is 10.9 Å². The van der Waals surface area contributed by atoms with E-state index in [4.69, 9.17) is 4.42 Å². The van der Waals surface area contributed by atoms with E-state index in [9.17, 15) is 4.79 Å². The van der Waals surface area contributed by atoms with Crippen molar-refractivity contribution in [3.63, 3.8) is 0 Å². The highest BCUT2D eigenvalue weighted by Crippen LogP contribution is 2.29. The Bertz CT molecular complexity index is 1220. The summed E-state index contributed by atoms with van der Waals surface area (Å²) in [5.41, 5.74) is 2.67. The van der Waals surface area contributed by atoms with Crippen LogP contribution in [0.5, 0.6) is 0 Å². The van der Waals surface area contributed by atoms with Gasteiger partial charge in [0.25, 0.3) is 5.56 Å². The molecule has 0 spiro atoms. The summed E-state index contributed by atoms with van der Waals surface area (Å²) in [6.07, 6.45) is 5.99. The molecule has 8 nitrogen and oxygen atoms in total. The Hall–Kier alpha value is -3.26. The highest BCUT2D eigenvalue weighted by molar-refractivity contribution is 5.80. The molecule has 0 bridgehead atoms. The maximum atomic E-state index is 13.2. The van der Waals surface area contributed by atoms with Crippen molar-refractivity contribution < 1.29 is 4.42 Å². The Morgan fingerprint density at radius 1 is 1.16 bits per heavy atom. The summed E-state index contributed by atoms with van der Waals surface area (Å²) >= 11 is 0. The molecule has 1 aliphatic rings. The highest BCUT2D eigenvalue weighted by Gasteiger charge is 2.31. The predicted molar refractivity (Wildman–Crippen MR) is 117 cm³/mol. The fourth-order valence-electron chi connectivity index (χ4n) is 4.44. The number of aryl methyl sites for hydroxylation is 1. The number of rotatable bonds is 6. The minimum atomic E-state index is -0.316. The molecule has 0 amide bonds. The minimum Gasteiger partial charge on any atom is -0.467 e. The highest BCUT2D eigenvalue weighted by atomic mass is 16.3. The van der Waals surface area contributed by atoms with Crippen LogP contribution >= 0.6 is 0 Å². The lowest BCUT2D eigenvalue weighted by atomic mass is 9.99. The lowest BCUT2D eigenvalue weighted by Gasteiger charge is -2.33. The van der Waals surface area contributed by atoms with Crippen LogP contribution in [0.3, 0.4) is 0 Å². The molecular weight excluding hydrogens is 392 g/mol. The van der Waals surface area contributed by atoms with Gasteiger partial charge < -0.3 is 9.40 Å². The zero-order chi connectivity index (χ0) is 21.2. The third-order valence-corrected chi connectivity index (χ3v) is 6.09. The van der Waals surface area contributed by atoms with Gasteiger partial charge in [0.1, 0.15) is 18.3 Å². The molecule has 1 saturated heterocycles. The van der Waals surface area contributed by atoms with E-state index in [0.717, 1.165) is 49.0 Å². The third kappa shape index (κ3) is 3.90. The van der Waals surface area contributed by atoms with Crippen LogP contribution in [0.15, 0.2) is 51.9 Å². The van der Waals surface area contributed by atoms with Crippen molar-refractivity contribution in [2.75, 3.05) is 13.1 Å². The average molecular weight is 419 g/mol. The Kier molecular flexibility index (Phi) is 5.38. The number of fused-ring (bicyclic) bond motifs is 1. The van der Waals surface area contributed by atoms with Crippen molar-refractivity contribution in [3.05, 3.63) is 75.7 Å². The first-order valence-electron chi connectivity index (χ1n) is 10.9. The van der Waals surface area contributed by atoms with E-state index >= 15 is 0 Å². The molecular formula is C23H26N6O2. The van der Waals surface area contributed by atoms with Crippen molar-refractivity contribution in [2.24, 2.45) is 0 Å². The number of nitrogens with zero attached hydrogens (tertiary/aromatic N) is 5. The number of tetrazole rings is 1. The van der Waals surface area contributed by atoms with Crippen LogP contribution in [0.1, 0.15) is 54.9 Å². The van der Waals surface area contributed by atoms with Gasteiger partial charge in [0.05, 0.1) is 6.26 Å².